The maximum absolute atomic E-state index is 13.5. The van der Waals surface area contributed by atoms with Gasteiger partial charge in [0.05, 0.1) is 17.3 Å². The fraction of sp³-hybridized carbons (Fsp3) is 0.480. The monoisotopic (exact) mass is 541 g/mol. The van der Waals surface area contributed by atoms with Crippen molar-refractivity contribution in [2.24, 2.45) is 0 Å². The fourth-order valence-electron chi connectivity index (χ4n) is 4.23. The van der Waals surface area contributed by atoms with Crippen LogP contribution < -0.4 is 10.3 Å². The second-order valence-corrected chi connectivity index (χ2v) is 9.55. The third-order valence-electron chi connectivity index (χ3n) is 6.25. The van der Waals surface area contributed by atoms with Crippen LogP contribution in [0.15, 0.2) is 29.1 Å². The number of aryl methyl sites for hydroxylation is 1. The number of amides is 1. The van der Waals surface area contributed by atoms with Crippen molar-refractivity contribution in [1.82, 2.24) is 14.4 Å². The van der Waals surface area contributed by atoms with Crippen LogP contribution in [0.3, 0.4) is 0 Å². The molecule has 1 saturated heterocycles. The normalized spacial score (nSPS) is 14.5. The highest BCUT2D eigenvalue weighted by molar-refractivity contribution is 7.22. The number of halogens is 3. The van der Waals surface area contributed by atoms with E-state index < -0.39 is 12.1 Å². The molecule has 1 amide bonds. The summed E-state index contributed by atoms with van der Waals surface area (Å²) in [6, 6.07) is 7.96. The van der Waals surface area contributed by atoms with E-state index in [0.717, 1.165) is 48.1 Å². The van der Waals surface area contributed by atoms with Gasteiger partial charge in [0, 0.05) is 38.1 Å². The van der Waals surface area contributed by atoms with E-state index in [9.17, 15) is 22.8 Å². The Morgan fingerprint density at radius 3 is 2.27 bits per heavy atom. The minimum absolute atomic E-state index is 0.0348. The van der Waals surface area contributed by atoms with Crippen molar-refractivity contribution in [2.45, 2.75) is 39.4 Å². The molecule has 3 aromatic rings. The number of carboxylic acids is 1. The second kappa shape index (κ2) is 12.0. The minimum Gasteiger partial charge on any atom is -0.494 e. The highest BCUT2D eigenvalue weighted by Crippen LogP contribution is 2.40. The Labute approximate surface area is 215 Å². The van der Waals surface area contributed by atoms with Gasteiger partial charge >= 0.3 is 12.1 Å². The van der Waals surface area contributed by atoms with Crippen molar-refractivity contribution in [2.75, 3.05) is 39.8 Å². The molecule has 0 unspecified atom stereocenters. The largest absolute Gasteiger partial charge is 0.494 e. The zero-order chi connectivity index (χ0) is 27.3. The number of carbonyl (C=O) groups excluding carboxylic acids is 1. The van der Waals surface area contributed by atoms with Gasteiger partial charge in [-0.25, -0.2) is 4.79 Å². The van der Waals surface area contributed by atoms with E-state index in [1.54, 1.807) is 7.11 Å². The van der Waals surface area contributed by atoms with Gasteiger partial charge < -0.3 is 24.2 Å². The summed E-state index contributed by atoms with van der Waals surface area (Å²) in [4.78, 5) is 40.5. The Morgan fingerprint density at radius 2 is 1.73 bits per heavy atom. The maximum atomic E-state index is 13.5. The van der Waals surface area contributed by atoms with Gasteiger partial charge in [0.25, 0.3) is 11.5 Å². The Hall–Kier alpha value is -3.12. The number of hydrogen-bond acceptors (Lipinski definition) is 6. The smallest absolute Gasteiger partial charge is 0.490 e. The van der Waals surface area contributed by atoms with Gasteiger partial charge in [0.1, 0.15) is 10.3 Å². The summed E-state index contributed by atoms with van der Waals surface area (Å²) in [6.07, 6.45) is -3.15. The number of piperazine rings is 1. The van der Waals surface area contributed by atoms with Crippen LogP contribution in [0, 0.1) is 0 Å². The number of hydrogen-bond donors (Lipinski definition) is 1. The lowest BCUT2D eigenvalue weighted by atomic mass is 10.1. The minimum atomic E-state index is -5.08. The van der Waals surface area contributed by atoms with Crippen molar-refractivity contribution >= 4 is 44.2 Å². The van der Waals surface area contributed by atoms with Crippen molar-refractivity contribution in [3.8, 4) is 5.75 Å². The van der Waals surface area contributed by atoms with Gasteiger partial charge in [-0.15, -0.1) is 11.3 Å². The number of ether oxygens (including phenoxy) is 1. The molecule has 0 aliphatic carbocycles. The van der Waals surface area contributed by atoms with E-state index in [0.29, 0.717) is 35.6 Å². The number of aliphatic carboxylic acids is 1. The Balaban J connectivity index is 0.000000479. The molecule has 0 atom stereocenters. The van der Waals surface area contributed by atoms with Crippen molar-refractivity contribution in [3.63, 3.8) is 0 Å². The molecule has 2 aromatic heterocycles. The van der Waals surface area contributed by atoms with E-state index in [-0.39, 0.29) is 11.5 Å². The lowest BCUT2D eigenvalue weighted by Gasteiger charge is -2.33. The van der Waals surface area contributed by atoms with Crippen LogP contribution in [0.25, 0.3) is 21.0 Å². The molecule has 3 heterocycles. The summed E-state index contributed by atoms with van der Waals surface area (Å²) in [6.45, 7) is 9.07. The average molecular weight is 542 g/mol. The van der Waals surface area contributed by atoms with Gasteiger partial charge in [-0.1, -0.05) is 38.5 Å². The Morgan fingerprint density at radius 1 is 1.11 bits per heavy atom. The highest BCUT2D eigenvalue weighted by atomic mass is 32.1. The first-order chi connectivity index (χ1) is 17.5. The summed E-state index contributed by atoms with van der Waals surface area (Å²) in [5.41, 5.74) is 0.850. The number of alkyl halides is 3. The van der Waals surface area contributed by atoms with E-state index >= 15 is 0 Å². The van der Waals surface area contributed by atoms with E-state index in [2.05, 4.69) is 18.7 Å². The number of rotatable bonds is 6. The first kappa shape index (κ1) is 28.5. The number of unbranched alkanes of at least 4 members (excludes halogenated alkanes) is 1. The third-order valence-corrected chi connectivity index (χ3v) is 7.44. The molecule has 1 aromatic carbocycles. The third kappa shape index (κ3) is 6.07. The van der Waals surface area contributed by atoms with Crippen molar-refractivity contribution < 1.29 is 32.6 Å². The number of benzene rings is 1. The average Bonchev–Trinajstić information content (AvgIpc) is 3.28. The number of aromatic nitrogens is 1. The SMILES string of the molecule is CCCCn1c(=O)c2c(OC)c(C(=O)N3CCN(CC)CC3)sc2c2ccccc21.O=C(O)C(F)(F)F. The molecule has 0 saturated carbocycles. The van der Waals surface area contributed by atoms with Gasteiger partial charge in [-0.3, -0.25) is 9.59 Å². The van der Waals surface area contributed by atoms with Crippen LogP contribution in [0.4, 0.5) is 13.2 Å². The van der Waals surface area contributed by atoms with E-state index in [1.807, 2.05) is 33.7 Å². The summed E-state index contributed by atoms with van der Waals surface area (Å²) in [7, 11) is 1.55. The number of nitrogens with zero attached hydrogens (tertiary/aromatic N) is 3. The van der Waals surface area contributed by atoms with Gasteiger partial charge in [0.15, 0.2) is 5.75 Å². The van der Waals surface area contributed by atoms with E-state index in [4.69, 9.17) is 14.6 Å². The van der Waals surface area contributed by atoms with Crippen LogP contribution in [0.2, 0.25) is 0 Å². The number of likely N-dealkylation sites (N-methyl/N-ethyl adjacent to an activating group) is 1. The molecule has 1 aliphatic heterocycles. The van der Waals surface area contributed by atoms with E-state index in [1.165, 1.54) is 11.3 Å². The van der Waals surface area contributed by atoms with Crippen LogP contribution in [-0.4, -0.2) is 77.4 Å². The number of fused-ring (bicyclic) bond motifs is 3. The molecule has 0 radical (unpaired) electrons. The number of carbonyl (C=O) groups is 2. The Kier molecular flexibility index (Phi) is 9.19. The molecular formula is C25H30F3N3O5S. The predicted molar refractivity (Wildman–Crippen MR) is 137 cm³/mol. The maximum Gasteiger partial charge on any atom is 0.490 e. The van der Waals surface area contributed by atoms with Crippen LogP contribution in [-0.2, 0) is 11.3 Å². The summed E-state index contributed by atoms with van der Waals surface area (Å²) >= 11 is 1.39. The summed E-state index contributed by atoms with van der Waals surface area (Å²) < 4.78 is 40.1. The van der Waals surface area contributed by atoms with Gasteiger partial charge in [0.2, 0.25) is 0 Å². The number of methoxy groups -OCH3 is 1. The lowest BCUT2D eigenvalue weighted by Crippen LogP contribution is -2.48. The summed E-state index contributed by atoms with van der Waals surface area (Å²) in [5.74, 6) is -2.36. The molecule has 8 nitrogen and oxygen atoms in total. The molecular weight excluding hydrogens is 511 g/mol. The highest BCUT2D eigenvalue weighted by Gasteiger charge is 2.38. The first-order valence-electron chi connectivity index (χ1n) is 12.0. The van der Waals surface area contributed by atoms with Crippen LogP contribution in [0.5, 0.6) is 5.75 Å². The number of pyridine rings is 1. The molecule has 1 fully saturated rings. The number of carboxylic acid groups (broad SMARTS) is 1. The fourth-order valence-corrected chi connectivity index (χ4v) is 5.49. The molecule has 37 heavy (non-hydrogen) atoms. The Bertz CT molecular complexity index is 1330. The van der Waals surface area contributed by atoms with Crippen LogP contribution in [0.1, 0.15) is 36.4 Å². The number of para-hydroxylation sites is 1. The predicted octanol–water partition coefficient (Wildman–Crippen LogP) is 4.44. The van der Waals surface area contributed by atoms with Crippen LogP contribution >= 0.6 is 11.3 Å². The van der Waals surface area contributed by atoms with Gasteiger partial charge in [-0.05, 0) is 19.0 Å². The molecule has 202 valence electrons. The lowest BCUT2D eigenvalue weighted by molar-refractivity contribution is -0.192. The quantitative estimate of drug-likeness (QED) is 0.496. The molecule has 4 rings (SSSR count). The standard InChI is InChI=1S/C23H29N3O3S.C2HF3O2/c1-4-6-11-26-17-10-8-7-9-16(17)20-18(22(26)27)19(29-3)21(30-20)23(28)25-14-12-24(5-2)13-15-25;3-2(4,5)1(6)7/h7-10H,4-6,11-15H2,1-3H3;(H,6,7). The molecule has 0 bridgehead atoms. The molecule has 1 N–H and O–H groups in total. The van der Waals surface area contributed by atoms with Crippen molar-refractivity contribution in [3.05, 3.63) is 39.5 Å². The topological polar surface area (TPSA) is 92.1 Å². The first-order valence-corrected chi connectivity index (χ1v) is 12.8. The second-order valence-electron chi connectivity index (χ2n) is 8.53. The molecule has 1 aliphatic rings. The summed E-state index contributed by atoms with van der Waals surface area (Å²) in [5, 5.41) is 8.66. The molecule has 0 spiro atoms. The zero-order valence-electron chi connectivity index (χ0n) is 20.9. The molecule has 12 heteroatoms. The van der Waals surface area contributed by atoms with Crippen molar-refractivity contribution in [1.29, 1.82) is 0 Å². The van der Waals surface area contributed by atoms with Gasteiger partial charge in [-0.2, -0.15) is 13.2 Å². The number of thiophene rings is 1. The zero-order valence-corrected chi connectivity index (χ0v) is 21.7.